The number of alkyl halides is 2. The predicted octanol–water partition coefficient (Wildman–Crippen LogP) is 6.25. The maximum absolute atomic E-state index is 13.8. The molecule has 6 rings (SSSR count). The topological polar surface area (TPSA) is 103 Å². The zero-order chi connectivity index (χ0) is 27.2. The monoisotopic (exact) mass is 535 g/mol. The summed E-state index contributed by atoms with van der Waals surface area (Å²) in [5.41, 5.74) is 1.74. The third-order valence-corrected chi connectivity index (χ3v) is 7.30. The van der Waals surface area contributed by atoms with Crippen LogP contribution in [0, 0.1) is 0 Å². The maximum atomic E-state index is 13.8. The normalized spacial score (nSPS) is 17.8. The van der Waals surface area contributed by atoms with Gasteiger partial charge in [-0.15, -0.1) is 0 Å². The van der Waals surface area contributed by atoms with Gasteiger partial charge in [0.15, 0.2) is 5.75 Å². The molecule has 2 aliphatic rings. The largest absolute Gasteiger partial charge is 0.454 e. The maximum Gasteiger partial charge on any atom is 0.248 e. The van der Waals surface area contributed by atoms with E-state index in [1.807, 2.05) is 29.1 Å². The number of halogens is 2. The average molecular weight is 536 g/mol. The second-order valence-electron chi connectivity index (χ2n) is 11.0. The van der Waals surface area contributed by atoms with Gasteiger partial charge in [-0.05, 0) is 63.8 Å². The SMILES string of the molecule is CC(C)(O)c1cc(Nc2cc(Oc3cn(C4CC4)nc3C3CCC(F)(F)CC3)ccn2)ccc1-n1cncn1. The Morgan fingerprint density at radius 1 is 1.10 bits per heavy atom. The van der Waals surface area contributed by atoms with Gasteiger partial charge in [-0.3, -0.25) is 4.68 Å². The summed E-state index contributed by atoms with van der Waals surface area (Å²) in [4.78, 5) is 8.43. The second-order valence-corrected chi connectivity index (χ2v) is 11.0. The van der Waals surface area contributed by atoms with Gasteiger partial charge < -0.3 is 15.2 Å². The molecule has 0 atom stereocenters. The highest BCUT2D eigenvalue weighted by atomic mass is 19.3. The molecule has 11 heteroatoms. The Morgan fingerprint density at radius 3 is 2.59 bits per heavy atom. The fourth-order valence-corrected chi connectivity index (χ4v) is 5.04. The van der Waals surface area contributed by atoms with Gasteiger partial charge in [0.25, 0.3) is 0 Å². The van der Waals surface area contributed by atoms with Gasteiger partial charge in [0, 0.05) is 42.3 Å². The molecule has 0 saturated heterocycles. The van der Waals surface area contributed by atoms with Crippen molar-refractivity contribution in [3.63, 3.8) is 0 Å². The quantitative estimate of drug-likeness (QED) is 0.275. The average Bonchev–Trinajstić information content (AvgIpc) is 3.43. The summed E-state index contributed by atoms with van der Waals surface area (Å²) in [6.45, 7) is 3.43. The number of benzene rings is 1. The molecular formula is C28H31F2N7O2. The van der Waals surface area contributed by atoms with Crippen LogP contribution < -0.4 is 10.1 Å². The minimum atomic E-state index is -2.60. The molecule has 0 amide bonds. The van der Waals surface area contributed by atoms with Crippen LogP contribution in [0.2, 0.25) is 0 Å². The van der Waals surface area contributed by atoms with Crippen molar-refractivity contribution in [2.45, 2.75) is 75.9 Å². The number of pyridine rings is 1. The van der Waals surface area contributed by atoms with E-state index in [-0.39, 0.29) is 18.8 Å². The van der Waals surface area contributed by atoms with Crippen LogP contribution in [0.4, 0.5) is 20.3 Å². The van der Waals surface area contributed by atoms with Crippen LogP contribution in [0.15, 0.2) is 55.4 Å². The number of hydrogen-bond acceptors (Lipinski definition) is 7. The van der Waals surface area contributed by atoms with E-state index in [9.17, 15) is 13.9 Å². The number of hydrogen-bond donors (Lipinski definition) is 2. The van der Waals surface area contributed by atoms with Crippen molar-refractivity contribution < 1.29 is 18.6 Å². The summed E-state index contributed by atoms with van der Waals surface area (Å²) in [6, 6.07) is 9.47. The number of anilines is 2. The van der Waals surface area contributed by atoms with Gasteiger partial charge in [0.1, 0.15) is 29.9 Å². The fraction of sp³-hybridized carbons (Fsp3) is 0.429. The second kappa shape index (κ2) is 9.71. The molecule has 204 valence electrons. The number of ether oxygens (including phenoxy) is 1. The predicted molar refractivity (Wildman–Crippen MR) is 141 cm³/mol. The van der Waals surface area contributed by atoms with Gasteiger partial charge >= 0.3 is 0 Å². The number of aromatic nitrogens is 6. The van der Waals surface area contributed by atoms with Gasteiger partial charge in [-0.2, -0.15) is 10.2 Å². The van der Waals surface area contributed by atoms with Gasteiger partial charge in [-0.1, -0.05) is 0 Å². The molecule has 4 aromatic rings. The first-order chi connectivity index (χ1) is 18.6. The highest BCUT2D eigenvalue weighted by Gasteiger charge is 2.38. The number of nitrogens with one attached hydrogen (secondary N) is 1. The summed E-state index contributed by atoms with van der Waals surface area (Å²) in [7, 11) is 0. The molecule has 2 saturated carbocycles. The standard InChI is InChI=1S/C28H31F2N7O2/c1-27(2,38)22-13-19(3-6-23(22)37-17-31-16-33-37)34-25-14-21(9-12-32-25)39-24-15-36(20-4-5-20)35-26(24)18-7-10-28(29,30)11-8-18/h3,6,9,12-18,20,38H,4-5,7-8,10-11H2,1-2H3,(H,32,34). The van der Waals surface area contributed by atoms with Crippen molar-refractivity contribution in [3.05, 3.63) is 66.6 Å². The Kier molecular flexibility index (Phi) is 6.33. The Labute approximate surface area is 224 Å². The zero-order valence-electron chi connectivity index (χ0n) is 21.9. The molecule has 3 aromatic heterocycles. The first-order valence-corrected chi connectivity index (χ1v) is 13.2. The lowest BCUT2D eigenvalue weighted by Gasteiger charge is -2.27. The molecule has 2 N–H and O–H groups in total. The molecule has 39 heavy (non-hydrogen) atoms. The smallest absolute Gasteiger partial charge is 0.248 e. The first kappa shape index (κ1) is 25.4. The molecule has 0 unspecified atom stereocenters. The van der Waals surface area contributed by atoms with Crippen LogP contribution in [0.5, 0.6) is 11.5 Å². The Morgan fingerprint density at radius 2 is 1.90 bits per heavy atom. The fourth-order valence-electron chi connectivity index (χ4n) is 5.04. The lowest BCUT2D eigenvalue weighted by Crippen LogP contribution is -2.24. The number of nitrogens with zero attached hydrogens (tertiary/aromatic N) is 6. The van der Waals surface area contributed by atoms with E-state index in [0.717, 1.165) is 29.9 Å². The third kappa shape index (κ3) is 5.63. The van der Waals surface area contributed by atoms with Crippen molar-refractivity contribution in [2.24, 2.45) is 0 Å². The minimum Gasteiger partial charge on any atom is -0.454 e. The number of rotatable bonds is 8. The van der Waals surface area contributed by atoms with Crippen LogP contribution in [0.1, 0.15) is 75.6 Å². The first-order valence-electron chi connectivity index (χ1n) is 13.2. The summed E-state index contributed by atoms with van der Waals surface area (Å²) in [5.74, 6) is -0.928. The van der Waals surface area contributed by atoms with Crippen LogP contribution in [-0.4, -0.2) is 40.6 Å². The van der Waals surface area contributed by atoms with E-state index >= 15 is 0 Å². The van der Waals surface area contributed by atoms with Crippen LogP contribution in [0.25, 0.3) is 5.69 Å². The van der Waals surface area contributed by atoms with E-state index in [1.165, 1.54) is 6.33 Å². The van der Waals surface area contributed by atoms with Crippen molar-refractivity contribution >= 4 is 11.5 Å². The molecule has 9 nitrogen and oxygen atoms in total. The summed E-state index contributed by atoms with van der Waals surface area (Å²) >= 11 is 0. The van der Waals surface area contributed by atoms with Gasteiger partial charge in [0.05, 0.1) is 23.5 Å². The highest BCUT2D eigenvalue weighted by molar-refractivity contribution is 5.62. The van der Waals surface area contributed by atoms with E-state index < -0.39 is 11.5 Å². The molecule has 2 fully saturated rings. The Balaban J connectivity index is 1.24. The van der Waals surface area contributed by atoms with Crippen LogP contribution in [-0.2, 0) is 5.60 Å². The molecule has 1 aromatic carbocycles. The summed E-state index contributed by atoms with van der Waals surface area (Å²) in [5, 5.41) is 23.0. The number of aliphatic hydroxyl groups is 1. The van der Waals surface area contributed by atoms with E-state index in [0.29, 0.717) is 41.8 Å². The van der Waals surface area contributed by atoms with Crippen LogP contribution in [0.3, 0.4) is 0 Å². The van der Waals surface area contributed by atoms with E-state index in [2.05, 4.69) is 20.4 Å². The molecule has 2 aliphatic carbocycles. The van der Waals surface area contributed by atoms with Crippen molar-refractivity contribution in [3.8, 4) is 17.2 Å². The van der Waals surface area contributed by atoms with Crippen molar-refractivity contribution in [1.82, 2.24) is 29.5 Å². The lowest BCUT2D eigenvalue weighted by molar-refractivity contribution is -0.0386. The highest BCUT2D eigenvalue weighted by Crippen LogP contribution is 2.45. The molecule has 0 aliphatic heterocycles. The zero-order valence-corrected chi connectivity index (χ0v) is 21.9. The summed E-state index contributed by atoms with van der Waals surface area (Å²) < 4.78 is 37.4. The Hall–Kier alpha value is -3.86. The van der Waals surface area contributed by atoms with Crippen molar-refractivity contribution in [1.29, 1.82) is 0 Å². The molecule has 0 spiro atoms. The van der Waals surface area contributed by atoms with Crippen molar-refractivity contribution in [2.75, 3.05) is 5.32 Å². The molecule has 0 radical (unpaired) electrons. The van der Waals surface area contributed by atoms with E-state index in [4.69, 9.17) is 9.84 Å². The minimum absolute atomic E-state index is 0.0529. The summed E-state index contributed by atoms with van der Waals surface area (Å²) in [6.07, 6.45) is 9.22. The molecular weight excluding hydrogens is 504 g/mol. The van der Waals surface area contributed by atoms with Crippen LogP contribution >= 0.6 is 0 Å². The van der Waals surface area contributed by atoms with Gasteiger partial charge in [0.2, 0.25) is 5.92 Å². The molecule has 3 heterocycles. The van der Waals surface area contributed by atoms with E-state index in [1.54, 1.807) is 43.2 Å². The Bertz CT molecular complexity index is 1450. The molecule has 0 bridgehead atoms. The van der Waals surface area contributed by atoms with Gasteiger partial charge in [-0.25, -0.2) is 23.4 Å². The lowest BCUT2D eigenvalue weighted by atomic mass is 9.84. The third-order valence-electron chi connectivity index (χ3n) is 7.30.